The number of aryl methyl sites for hydroxylation is 2. The zero-order chi connectivity index (χ0) is 13.8. The van der Waals surface area contributed by atoms with Gasteiger partial charge in [-0.1, -0.05) is 6.07 Å². The minimum absolute atomic E-state index is 0.385. The van der Waals surface area contributed by atoms with E-state index < -0.39 is 6.10 Å². The molecule has 6 nitrogen and oxygen atoms in total. The summed E-state index contributed by atoms with van der Waals surface area (Å²) in [6, 6.07) is 3.64. The second kappa shape index (κ2) is 5.71. The molecule has 0 aromatic carbocycles. The Labute approximate surface area is 112 Å². The highest BCUT2D eigenvalue weighted by Crippen LogP contribution is 2.15. The second-order valence-corrected chi connectivity index (χ2v) is 4.47. The number of likely N-dealkylation sites (N-methyl/N-ethyl adjacent to an activating group) is 1. The van der Waals surface area contributed by atoms with E-state index in [9.17, 15) is 5.11 Å². The number of nitrogens with zero attached hydrogens (tertiary/aromatic N) is 5. The van der Waals surface area contributed by atoms with Crippen LogP contribution in [0.2, 0.25) is 0 Å². The van der Waals surface area contributed by atoms with Gasteiger partial charge in [0, 0.05) is 25.0 Å². The zero-order valence-electron chi connectivity index (χ0n) is 11.3. The lowest BCUT2D eigenvalue weighted by Gasteiger charge is -2.20. The van der Waals surface area contributed by atoms with Gasteiger partial charge in [-0.2, -0.15) is 5.10 Å². The first kappa shape index (κ1) is 13.4. The van der Waals surface area contributed by atoms with E-state index in [0.717, 1.165) is 17.0 Å². The van der Waals surface area contributed by atoms with Crippen LogP contribution in [0.15, 0.2) is 24.5 Å². The quantitative estimate of drug-likeness (QED) is 0.884. The Morgan fingerprint density at radius 3 is 2.68 bits per heavy atom. The predicted octanol–water partition coefficient (Wildman–Crippen LogP) is 1.05. The molecule has 19 heavy (non-hydrogen) atoms. The van der Waals surface area contributed by atoms with Crippen molar-refractivity contribution in [1.29, 1.82) is 0 Å². The van der Waals surface area contributed by atoms with Crippen LogP contribution in [0.25, 0.3) is 0 Å². The zero-order valence-corrected chi connectivity index (χ0v) is 11.3. The number of aliphatic hydroxyl groups excluding tert-OH is 1. The van der Waals surface area contributed by atoms with Crippen molar-refractivity contribution >= 4 is 5.95 Å². The Hall–Kier alpha value is -2.08. The summed E-state index contributed by atoms with van der Waals surface area (Å²) in [5, 5.41) is 18.2. The third-order valence-electron chi connectivity index (χ3n) is 2.94. The number of aromatic nitrogens is 4. The van der Waals surface area contributed by atoms with Gasteiger partial charge in [0.1, 0.15) is 0 Å². The number of pyridine rings is 1. The van der Waals surface area contributed by atoms with Crippen molar-refractivity contribution in [1.82, 2.24) is 20.2 Å². The monoisotopic (exact) mass is 259 g/mol. The number of anilines is 1. The minimum Gasteiger partial charge on any atom is -0.386 e. The minimum atomic E-state index is -0.635. The lowest BCUT2D eigenvalue weighted by Crippen LogP contribution is -2.26. The molecule has 0 amide bonds. The first-order valence-corrected chi connectivity index (χ1v) is 6.05. The summed E-state index contributed by atoms with van der Waals surface area (Å²) in [6.45, 7) is 4.14. The lowest BCUT2D eigenvalue weighted by atomic mass is 10.1. The summed E-state index contributed by atoms with van der Waals surface area (Å²) in [5.74, 6) is 0.506. The van der Waals surface area contributed by atoms with E-state index in [-0.39, 0.29) is 0 Å². The van der Waals surface area contributed by atoms with Crippen LogP contribution >= 0.6 is 0 Å². The SMILES string of the molecule is Cc1nnc(N(C)CC(O)c2cccnc2)nc1C. The fourth-order valence-corrected chi connectivity index (χ4v) is 1.63. The maximum atomic E-state index is 10.1. The molecule has 1 unspecified atom stereocenters. The highest BCUT2D eigenvalue weighted by atomic mass is 16.3. The van der Waals surface area contributed by atoms with E-state index in [1.807, 2.05) is 27.0 Å². The summed E-state index contributed by atoms with van der Waals surface area (Å²) in [4.78, 5) is 10.1. The van der Waals surface area contributed by atoms with Crippen LogP contribution in [0.4, 0.5) is 5.95 Å². The third-order valence-corrected chi connectivity index (χ3v) is 2.94. The summed E-state index contributed by atoms with van der Waals surface area (Å²) in [5.41, 5.74) is 2.42. The smallest absolute Gasteiger partial charge is 0.245 e. The summed E-state index contributed by atoms with van der Waals surface area (Å²) in [6.07, 6.45) is 2.69. The summed E-state index contributed by atoms with van der Waals surface area (Å²) in [7, 11) is 1.82. The van der Waals surface area contributed by atoms with Gasteiger partial charge >= 0.3 is 0 Å². The molecule has 0 aliphatic rings. The van der Waals surface area contributed by atoms with Gasteiger partial charge in [0.15, 0.2) is 0 Å². The van der Waals surface area contributed by atoms with Crippen LogP contribution in [0, 0.1) is 13.8 Å². The van der Waals surface area contributed by atoms with Crippen molar-refractivity contribution in [3.05, 3.63) is 41.5 Å². The highest BCUT2D eigenvalue weighted by Gasteiger charge is 2.14. The van der Waals surface area contributed by atoms with Crippen LogP contribution in [0.3, 0.4) is 0 Å². The van der Waals surface area contributed by atoms with Crippen LogP contribution in [-0.4, -0.2) is 38.9 Å². The third kappa shape index (κ3) is 3.23. The van der Waals surface area contributed by atoms with E-state index in [4.69, 9.17) is 0 Å². The molecule has 0 aliphatic heterocycles. The van der Waals surface area contributed by atoms with E-state index in [1.54, 1.807) is 23.4 Å². The van der Waals surface area contributed by atoms with Crippen molar-refractivity contribution in [3.63, 3.8) is 0 Å². The number of hydrogen-bond donors (Lipinski definition) is 1. The molecule has 0 spiro atoms. The molecule has 1 N–H and O–H groups in total. The Balaban J connectivity index is 2.08. The molecule has 2 aromatic heterocycles. The van der Waals surface area contributed by atoms with Crippen molar-refractivity contribution in [2.75, 3.05) is 18.5 Å². The predicted molar refractivity (Wildman–Crippen MR) is 71.8 cm³/mol. The molecule has 0 radical (unpaired) electrons. The maximum Gasteiger partial charge on any atom is 0.245 e. The number of hydrogen-bond acceptors (Lipinski definition) is 6. The average Bonchev–Trinajstić information content (AvgIpc) is 2.42. The van der Waals surface area contributed by atoms with Gasteiger partial charge in [-0.05, 0) is 19.9 Å². The normalized spacial score (nSPS) is 12.2. The van der Waals surface area contributed by atoms with Gasteiger partial charge in [-0.15, -0.1) is 5.10 Å². The van der Waals surface area contributed by atoms with Crippen molar-refractivity contribution in [3.8, 4) is 0 Å². The molecule has 6 heteroatoms. The first-order valence-electron chi connectivity index (χ1n) is 6.05. The topological polar surface area (TPSA) is 75.0 Å². The molecule has 2 heterocycles. The molecule has 0 saturated heterocycles. The molecule has 100 valence electrons. The first-order chi connectivity index (χ1) is 9.08. The van der Waals surface area contributed by atoms with E-state index in [0.29, 0.717) is 12.5 Å². The fourth-order valence-electron chi connectivity index (χ4n) is 1.63. The van der Waals surface area contributed by atoms with Crippen LogP contribution in [0.5, 0.6) is 0 Å². The van der Waals surface area contributed by atoms with E-state index >= 15 is 0 Å². The Kier molecular flexibility index (Phi) is 4.01. The molecule has 0 saturated carbocycles. The van der Waals surface area contributed by atoms with Crippen LogP contribution < -0.4 is 4.90 Å². The maximum absolute atomic E-state index is 10.1. The molecule has 2 aromatic rings. The molecule has 0 fully saturated rings. The Morgan fingerprint density at radius 1 is 1.26 bits per heavy atom. The van der Waals surface area contributed by atoms with Gasteiger partial charge in [0.2, 0.25) is 5.95 Å². The molecular formula is C13H17N5O. The van der Waals surface area contributed by atoms with Crippen molar-refractivity contribution < 1.29 is 5.11 Å². The van der Waals surface area contributed by atoms with Crippen molar-refractivity contribution in [2.24, 2.45) is 0 Å². The molecule has 0 bridgehead atoms. The number of aliphatic hydroxyl groups is 1. The van der Waals surface area contributed by atoms with Crippen LogP contribution in [-0.2, 0) is 0 Å². The number of rotatable bonds is 4. The highest BCUT2D eigenvalue weighted by molar-refractivity contribution is 5.29. The summed E-state index contributed by atoms with van der Waals surface area (Å²) >= 11 is 0. The van der Waals surface area contributed by atoms with Gasteiger partial charge in [0.25, 0.3) is 0 Å². The van der Waals surface area contributed by atoms with Gasteiger partial charge in [-0.25, -0.2) is 4.98 Å². The second-order valence-electron chi connectivity index (χ2n) is 4.47. The molecular weight excluding hydrogens is 242 g/mol. The standard InChI is InChI=1S/C13H17N5O/c1-9-10(2)16-17-13(15-9)18(3)8-12(19)11-5-4-6-14-7-11/h4-7,12,19H,8H2,1-3H3. The van der Waals surface area contributed by atoms with Gasteiger partial charge < -0.3 is 10.0 Å². The van der Waals surface area contributed by atoms with Gasteiger partial charge in [-0.3, -0.25) is 4.98 Å². The molecule has 2 rings (SSSR count). The molecule has 1 atom stereocenters. The largest absolute Gasteiger partial charge is 0.386 e. The average molecular weight is 259 g/mol. The van der Waals surface area contributed by atoms with Crippen LogP contribution in [0.1, 0.15) is 23.1 Å². The lowest BCUT2D eigenvalue weighted by molar-refractivity contribution is 0.184. The Morgan fingerprint density at radius 2 is 2.05 bits per heavy atom. The summed E-state index contributed by atoms with van der Waals surface area (Å²) < 4.78 is 0. The fraction of sp³-hybridized carbons (Fsp3) is 0.385. The Bertz CT molecular complexity index is 546. The van der Waals surface area contributed by atoms with Gasteiger partial charge in [0.05, 0.1) is 24.0 Å². The van der Waals surface area contributed by atoms with E-state index in [1.165, 1.54) is 0 Å². The molecule has 0 aliphatic carbocycles. The van der Waals surface area contributed by atoms with Crippen molar-refractivity contribution in [2.45, 2.75) is 20.0 Å². The van der Waals surface area contributed by atoms with E-state index in [2.05, 4.69) is 20.2 Å².